The van der Waals surface area contributed by atoms with Gasteiger partial charge in [-0.25, -0.2) is 0 Å². The fraction of sp³-hybridized carbons (Fsp3) is 0.500. The Labute approximate surface area is 125 Å². The highest BCUT2D eigenvalue weighted by Gasteiger charge is 2.37. The quantitative estimate of drug-likeness (QED) is 0.859. The molecular weight excluding hydrogens is 292 g/mol. The minimum absolute atomic E-state index is 0.140. The van der Waals surface area contributed by atoms with Gasteiger partial charge in [0.2, 0.25) is 0 Å². The highest BCUT2D eigenvalue weighted by Crippen LogP contribution is 2.25. The molecule has 1 atom stereocenters. The maximum atomic E-state index is 12.6. The van der Waals surface area contributed by atoms with Crippen LogP contribution in [-0.4, -0.2) is 47.7 Å². The molecule has 0 aromatic heterocycles. The molecule has 116 valence electrons. The van der Waals surface area contributed by atoms with E-state index in [4.69, 9.17) is 5.11 Å². The first-order chi connectivity index (χ1) is 9.91. The minimum Gasteiger partial charge on any atom is -0.481 e. The summed E-state index contributed by atoms with van der Waals surface area (Å²) in [5, 5.41) is 8.90. The zero-order valence-electron chi connectivity index (χ0n) is 12.0. The van der Waals surface area contributed by atoms with E-state index >= 15 is 0 Å². The number of aliphatic carboxylic acids is 1. The van der Waals surface area contributed by atoms with E-state index in [-0.39, 0.29) is 13.0 Å². The van der Waals surface area contributed by atoms with E-state index in [2.05, 4.69) is 0 Å². The maximum Gasteiger partial charge on any atom is 0.304 e. The molecule has 21 heavy (non-hydrogen) atoms. The van der Waals surface area contributed by atoms with Crippen LogP contribution in [-0.2, 0) is 21.5 Å². The van der Waals surface area contributed by atoms with Gasteiger partial charge in [-0.3, -0.25) is 4.79 Å². The van der Waals surface area contributed by atoms with Crippen molar-refractivity contribution in [3.8, 4) is 0 Å². The van der Waals surface area contributed by atoms with E-state index in [0.29, 0.717) is 19.4 Å². The van der Waals surface area contributed by atoms with Gasteiger partial charge in [0.05, 0.1) is 6.42 Å². The smallest absolute Gasteiger partial charge is 0.304 e. The van der Waals surface area contributed by atoms with E-state index in [9.17, 15) is 13.2 Å². The molecule has 0 amide bonds. The summed E-state index contributed by atoms with van der Waals surface area (Å²) in [7, 11) is -2.10. The summed E-state index contributed by atoms with van der Waals surface area (Å²) >= 11 is 0. The van der Waals surface area contributed by atoms with Gasteiger partial charge >= 0.3 is 5.97 Å². The number of hydrogen-bond donors (Lipinski definition) is 1. The summed E-state index contributed by atoms with van der Waals surface area (Å²) in [5.41, 5.74) is 0.901. The number of carboxylic acids is 1. The summed E-state index contributed by atoms with van der Waals surface area (Å²) in [6, 6.07) is 8.89. The fourth-order valence-corrected chi connectivity index (χ4v) is 4.21. The van der Waals surface area contributed by atoms with Crippen LogP contribution in [0.5, 0.6) is 0 Å². The van der Waals surface area contributed by atoms with Crippen LogP contribution in [0.2, 0.25) is 0 Å². The van der Waals surface area contributed by atoms with Gasteiger partial charge < -0.3 is 5.11 Å². The Balaban J connectivity index is 2.11. The molecule has 6 nitrogen and oxygen atoms in total. The van der Waals surface area contributed by atoms with Crippen molar-refractivity contribution in [3.05, 3.63) is 35.9 Å². The first-order valence-electron chi connectivity index (χ1n) is 6.90. The van der Waals surface area contributed by atoms with Crippen molar-refractivity contribution in [3.63, 3.8) is 0 Å². The van der Waals surface area contributed by atoms with Crippen LogP contribution in [0.25, 0.3) is 0 Å². The van der Waals surface area contributed by atoms with Gasteiger partial charge in [-0.15, -0.1) is 0 Å². The second-order valence-electron chi connectivity index (χ2n) is 5.25. The number of benzene rings is 1. The summed E-state index contributed by atoms with van der Waals surface area (Å²) in [5.74, 6) is -0.965. The Bertz CT molecular complexity index is 588. The average Bonchev–Trinajstić information content (AvgIpc) is 2.87. The van der Waals surface area contributed by atoms with Gasteiger partial charge in [0.25, 0.3) is 10.2 Å². The van der Waals surface area contributed by atoms with E-state index in [0.717, 1.165) is 5.56 Å². The highest BCUT2D eigenvalue weighted by molar-refractivity contribution is 7.86. The van der Waals surface area contributed by atoms with Crippen molar-refractivity contribution in [2.24, 2.45) is 0 Å². The molecule has 1 aliphatic heterocycles. The van der Waals surface area contributed by atoms with Crippen molar-refractivity contribution in [1.82, 2.24) is 8.61 Å². The second-order valence-corrected chi connectivity index (χ2v) is 7.24. The Hall–Kier alpha value is -1.44. The maximum absolute atomic E-state index is 12.6. The van der Waals surface area contributed by atoms with E-state index < -0.39 is 22.2 Å². The number of nitrogens with zero attached hydrogens (tertiary/aromatic N) is 2. The van der Waals surface area contributed by atoms with Crippen molar-refractivity contribution >= 4 is 16.2 Å². The van der Waals surface area contributed by atoms with E-state index in [1.54, 1.807) is 0 Å². The van der Waals surface area contributed by atoms with Crippen LogP contribution >= 0.6 is 0 Å². The molecule has 2 rings (SSSR count). The van der Waals surface area contributed by atoms with Crippen LogP contribution in [0, 0.1) is 0 Å². The van der Waals surface area contributed by atoms with Crippen molar-refractivity contribution in [1.29, 1.82) is 0 Å². The largest absolute Gasteiger partial charge is 0.481 e. The lowest BCUT2D eigenvalue weighted by Crippen LogP contribution is -2.44. The molecule has 1 heterocycles. The van der Waals surface area contributed by atoms with Crippen LogP contribution in [0.15, 0.2) is 30.3 Å². The molecule has 1 fully saturated rings. The lowest BCUT2D eigenvalue weighted by Gasteiger charge is -2.28. The van der Waals surface area contributed by atoms with Gasteiger partial charge in [0.15, 0.2) is 0 Å². The molecule has 1 saturated heterocycles. The molecule has 0 saturated carbocycles. The Kier molecular flexibility index (Phi) is 4.97. The monoisotopic (exact) mass is 312 g/mol. The van der Waals surface area contributed by atoms with Gasteiger partial charge in [-0.05, 0) is 18.4 Å². The molecule has 1 N–H and O–H groups in total. The minimum atomic E-state index is -3.63. The number of rotatable bonds is 6. The van der Waals surface area contributed by atoms with Crippen molar-refractivity contribution in [2.75, 3.05) is 13.6 Å². The predicted molar refractivity (Wildman–Crippen MR) is 78.8 cm³/mol. The Morgan fingerprint density at radius 1 is 1.38 bits per heavy atom. The predicted octanol–water partition coefficient (Wildman–Crippen LogP) is 1.30. The lowest BCUT2D eigenvalue weighted by atomic mass is 10.2. The molecule has 1 aliphatic rings. The third kappa shape index (κ3) is 3.81. The molecule has 0 bridgehead atoms. The first kappa shape index (κ1) is 15.9. The number of carbonyl (C=O) groups is 1. The van der Waals surface area contributed by atoms with Gasteiger partial charge in [-0.2, -0.15) is 17.0 Å². The second kappa shape index (κ2) is 6.55. The zero-order valence-corrected chi connectivity index (χ0v) is 12.8. The van der Waals surface area contributed by atoms with E-state index in [1.807, 2.05) is 30.3 Å². The van der Waals surface area contributed by atoms with Gasteiger partial charge in [0.1, 0.15) is 0 Å². The third-order valence-corrected chi connectivity index (χ3v) is 5.66. The number of carboxylic acid groups (broad SMARTS) is 1. The fourth-order valence-electron chi connectivity index (χ4n) is 2.62. The molecule has 7 heteroatoms. The van der Waals surface area contributed by atoms with Crippen LogP contribution < -0.4 is 0 Å². The van der Waals surface area contributed by atoms with Crippen LogP contribution in [0.3, 0.4) is 0 Å². The van der Waals surface area contributed by atoms with Gasteiger partial charge in [-0.1, -0.05) is 30.3 Å². The SMILES string of the molecule is CN(Cc1ccccc1)S(=O)(=O)N1CCCC1CC(=O)O. The number of hydrogen-bond acceptors (Lipinski definition) is 3. The van der Waals surface area contributed by atoms with E-state index in [1.165, 1.54) is 15.7 Å². The highest BCUT2D eigenvalue weighted by atomic mass is 32.2. The summed E-state index contributed by atoms with van der Waals surface area (Å²) < 4.78 is 27.8. The molecule has 0 spiro atoms. The zero-order chi connectivity index (χ0) is 15.5. The normalized spacial score (nSPS) is 20.0. The Morgan fingerprint density at radius 3 is 2.67 bits per heavy atom. The molecular formula is C14H20N2O4S. The summed E-state index contributed by atoms with van der Waals surface area (Å²) in [6.07, 6.45) is 1.17. The Morgan fingerprint density at radius 2 is 2.05 bits per heavy atom. The molecule has 1 aromatic carbocycles. The summed E-state index contributed by atoms with van der Waals surface area (Å²) in [4.78, 5) is 10.9. The van der Waals surface area contributed by atoms with Crippen LogP contribution in [0.1, 0.15) is 24.8 Å². The molecule has 0 radical (unpaired) electrons. The average molecular weight is 312 g/mol. The molecule has 1 unspecified atom stereocenters. The van der Waals surface area contributed by atoms with Crippen molar-refractivity contribution in [2.45, 2.75) is 31.8 Å². The van der Waals surface area contributed by atoms with Crippen LogP contribution in [0.4, 0.5) is 0 Å². The van der Waals surface area contributed by atoms with Crippen molar-refractivity contribution < 1.29 is 18.3 Å². The lowest BCUT2D eigenvalue weighted by molar-refractivity contribution is -0.137. The molecule has 0 aliphatic carbocycles. The standard InChI is InChI=1S/C14H20N2O4S/c1-15(11-12-6-3-2-4-7-12)21(19,20)16-9-5-8-13(16)10-14(17)18/h2-4,6-7,13H,5,8-11H2,1H3,(H,17,18). The third-order valence-electron chi connectivity index (χ3n) is 3.67. The topological polar surface area (TPSA) is 77.9 Å². The first-order valence-corrected chi connectivity index (χ1v) is 8.30. The molecule has 1 aromatic rings. The van der Waals surface area contributed by atoms with Gasteiger partial charge in [0, 0.05) is 26.2 Å². The summed E-state index contributed by atoms with van der Waals surface area (Å²) in [6.45, 7) is 0.666.